The lowest BCUT2D eigenvalue weighted by Gasteiger charge is -2.11. The molecule has 154 valence electrons. The number of fused-ring (bicyclic) bond motifs is 1. The molecule has 1 aromatic heterocycles. The summed E-state index contributed by atoms with van der Waals surface area (Å²) in [7, 11) is 0. The average Bonchev–Trinajstić information content (AvgIpc) is 3.01. The molecule has 0 unspecified atom stereocenters. The van der Waals surface area contributed by atoms with Gasteiger partial charge in [-0.1, -0.05) is 11.6 Å². The second-order valence-corrected chi connectivity index (χ2v) is 6.59. The van der Waals surface area contributed by atoms with Crippen LogP contribution in [-0.4, -0.2) is 23.7 Å². The molecule has 0 fully saturated rings. The Bertz CT molecular complexity index is 1050. The van der Waals surface area contributed by atoms with Gasteiger partial charge in [-0.3, -0.25) is 4.79 Å². The van der Waals surface area contributed by atoms with Crippen molar-refractivity contribution in [3.8, 4) is 5.75 Å². The van der Waals surface area contributed by atoms with Crippen LogP contribution in [0.1, 0.15) is 23.2 Å². The van der Waals surface area contributed by atoms with Gasteiger partial charge in [0.2, 0.25) is 0 Å². The van der Waals surface area contributed by atoms with Gasteiger partial charge in [0, 0.05) is 29.6 Å². The average molecular weight is 433 g/mol. The molecule has 0 bridgehead atoms. The van der Waals surface area contributed by atoms with E-state index in [1.165, 1.54) is 24.4 Å². The number of benzene rings is 2. The summed E-state index contributed by atoms with van der Waals surface area (Å²) in [4.78, 5) is 15.1. The second kappa shape index (κ2) is 8.28. The fraction of sp³-hybridized carbons (Fsp3) is 0.211. The Balaban J connectivity index is 1.67. The first kappa shape index (κ1) is 20.9. The van der Waals surface area contributed by atoms with E-state index >= 15 is 0 Å². The van der Waals surface area contributed by atoms with Crippen LogP contribution in [-0.2, 0) is 0 Å². The van der Waals surface area contributed by atoms with Crippen molar-refractivity contribution in [3.05, 3.63) is 58.7 Å². The number of amides is 1. The molecule has 29 heavy (non-hydrogen) atoms. The summed E-state index contributed by atoms with van der Waals surface area (Å²) in [5, 5.41) is 2.90. The summed E-state index contributed by atoms with van der Waals surface area (Å²) < 4.78 is 68.3. The minimum atomic E-state index is -4.26. The van der Waals surface area contributed by atoms with Gasteiger partial charge in [-0.05, 0) is 30.7 Å². The fourth-order valence-corrected chi connectivity index (χ4v) is 2.86. The van der Waals surface area contributed by atoms with Gasteiger partial charge in [-0.25, -0.2) is 8.78 Å². The lowest BCUT2D eigenvalue weighted by molar-refractivity contribution is -0.136. The number of anilines is 1. The SMILES string of the molecule is O=C(Nc1c[nH]c2cc(F)c(F)cc12)c1ccc(OCCCC(F)(F)F)c(Cl)c1. The number of hydrogen-bond acceptors (Lipinski definition) is 2. The third-order valence-electron chi connectivity index (χ3n) is 4.03. The zero-order chi connectivity index (χ0) is 21.2. The highest BCUT2D eigenvalue weighted by molar-refractivity contribution is 6.32. The standard InChI is InChI=1S/C19H14ClF5N2O2/c20-12-6-10(2-3-17(12)29-5-1-4-19(23,24)25)18(28)27-16-9-26-15-8-14(22)13(21)7-11(15)16/h2-3,6-9,26H,1,4-5H2,(H,27,28). The molecule has 2 N–H and O–H groups in total. The highest BCUT2D eigenvalue weighted by Gasteiger charge is 2.26. The van der Waals surface area contributed by atoms with E-state index in [1.807, 2.05) is 0 Å². The molecule has 0 aliphatic carbocycles. The van der Waals surface area contributed by atoms with Gasteiger partial charge < -0.3 is 15.0 Å². The molecule has 3 rings (SSSR count). The van der Waals surface area contributed by atoms with Gasteiger partial charge >= 0.3 is 6.18 Å². The number of aromatic nitrogens is 1. The van der Waals surface area contributed by atoms with Gasteiger partial charge in [0.15, 0.2) is 11.6 Å². The van der Waals surface area contributed by atoms with Crippen LogP contribution in [0.4, 0.5) is 27.6 Å². The number of nitrogens with one attached hydrogen (secondary N) is 2. The van der Waals surface area contributed by atoms with Crippen LogP contribution < -0.4 is 10.1 Å². The quantitative estimate of drug-likeness (QED) is 0.367. The van der Waals surface area contributed by atoms with Crippen molar-refractivity contribution in [2.24, 2.45) is 0 Å². The first-order chi connectivity index (χ1) is 13.6. The molecule has 1 amide bonds. The molecule has 0 saturated carbocycles. The lowest BCUT2D eigenvalue weighted by Crippen LogP contribution is -2.12. The van der Waals surface area contributed by atoms with Gasteiger partial charge in [0.05, 0.1) is 22.8 Å². The zero-order valence-corrected chi connectivity index (χ0v) is 15.4. The second-order valence-electron chi connectivity index (χ2n) is 6.18. The highest BCUT2D eigenvalue weighted by atomic mass is 35.5. The Hall–Kier alpha value is -2.81. The lowest BCUT2D eigenvalue weighted by atomic mass is 10.2. The summed E-state index contributed by atoms with van der Waals surface area (Å²) in [6.07, 6.45) is -4.06. The number of H-pyrrole nitrogens is 1. The van der Waals surface area contributed by atoms with Crippen molar-refractivity contribution in [1.29, 1.82) is 0 Å². The topological polar surface area (TPSA) is 54.1 Å². The molecule has 0 aliphatic rings. The molecule has 0 spiro atoms. The van der Waals surface area contributed by atoms with E-state index in [0.29, 0.717) is 5.52 Å². The van der Waals surface area contributed by atoms with E-state index in [4.69, 9.17) is 16.3 Å². The number of rotatable bonds is 6. The molecule has 0 atom stereocenters. The number of carbonyl (C=O) groups excluding carboxylic acids is 1. The van der Waals surface area contributed by atoms with Crippen LogP contribution in [0.5, 0.6) is 5.75 Å². The normalized spacial score (nSPS) is 11.7. The first-order valence-electron chi connectivity index (χ1n) is 8.40. The van der Waals surface area contributed by atoms with Gasteiger partial charge in [-0.2, -0.15) is 13.2 Å². The van der Waals surface area contributed by atoms with Crippen LogP contribution in [0.15, 0.2) is 36.5 Å². The molecule has 10 heteroatoms. The van der Waals surface area contributed by atoms with Gasteiger partial charge in [0.25, 0.3) is 5.91 Å². The molecule has 0 saturated heterocycles. The summed E-state index contributed by atoms with van der Waals surface area (Å²) in [6.45, 7) is -0.178. The molecule has 1 heterocycles. The summed E-state index contributed by atoms with van der Waals surface area (Å²) in [6, 6.07) is 5.99. The van der Waals surface area contributed by atoms with E-state index in [0.717, 1.165) is 12.1 Å². The predicted octanol–water partition coefficient (Wildman–Crippen LogP) is 6.07. The first-order valence-corrected chi connectivity index (χ1v) is 8.78. The number of halogens is 6. The molecular weight excluding hydrogens is 419 g/mol. The van der Waals surface area contributed by atoms with Crippen molar-refractivity contribution in [2.75, 3.05) is 11.9 Å². The van der Waals surface area contributed by atoms with Crippen molar-refractivity contribution in [1.82, 2.24) is 4.98 Å². The molecular formula is C19H14ClF5N2O2. The molecule has 0 radical (unpaired) electrons. The van der Waals surface area contributed by atoms with Crippen molar-refractivity contribution in [2.45, 2.75) is 19.0 Å². The molecule has 0 aliphatic heterocycles. The van der Waals surface area contributed by atoms with Crippen LogP contribution >= 0.6 is 11.6 Å². The Labute approximate surface area is 166 Å². The third kappa shape index (κ3) is 5.17. The summed E-state index contributed by atoms with van der Waals surface area (Å²) >= 11 is 6.03. The minimum absolute atomic E-state index is 0.0525. The maximum Gasteiger partial charge on any atom is 0.389 e. The van der Waals surface area contributed by atoms with Crippen LogP contribution in [0.2, 0.25) is 5.02 Å². The number of ether oxygens (including phenoxy) is 1. The Kier molecular flexibility index (Phi) is 5.97. The Morgan fingerprint density at radius 3 is 2.55 bits per heavy atom. The number of carbonyl (C=O) groups is 1. The van der Waals surface area contributed by atoms with Crippen LogP contribution in [0.25, 0.3) is 10.9 Å². The van der Waals surface area contributed by atoms with Crippen molar-refractivity contribution < 1.29 is 31.5 Å². The van der Waals surface area contributed by atoms with E-state index in [-0.39, 0.29) is 40.4 Å². The van der Waals surface area contributed by atoms with Crippen LogP contribution in [0, 0.1) is 11.6 Å². The van der Waals surface area contributed by atoms with E-state index in [1.54, 1.807) is 0 Å². The molecule has 2 aromatic carbocycles. The Morgan fingerprint density at radius 2 is 1.86 bits per heavy atom. The minimum Gasteiger partial charge on any atom is -0.492 e. The van der Waals surface area contributed by atoms with Crippen molar-refractivity contribution >= 4 is 34.1 Å². The zero-order valence-electron chi connectivity index (χ0n) is 14.7. The molecule has 4 nitrogen and oxygen atoms in total. The number of hydrogen-bond donors (Lipinski definition) is 2. The van der Waals surface area contributed by atoms with Crippen molar-refractivity contribution in [3.63, 3.8) is 0 Å². The van der Waals surface area contributed by atoms with E-state index < -0.39 is 30.1 Å². The molecule has 3 aromatic rings. The maximum atomic E-state index is 13.5. The summed E-state index contributed by atoms with van der Waals surface area (Å²) in [5.41, 5.74) is 0.696. The van der Waals surface area contributed by atoms with Gasteiger partial charge in [-0.15, -0.1) is 0 Å². The van der Waals surface area contributed by atoms with Gasteiger partial charge in [0.1, 0.15) is 5.75 Å². The fourth-order valence-electron chi connectivity index (χ4n) is 2.63. The predicted molar refractivity (Wildman–Crippen MR) is 98.4 cm³/mol. The highest BCUT2D eigenvalue weighted by Crippen LogP contribution is 2.29. The number of aromatic amines is 1. The van der Waals surface area contributed by atoms with Crippen LogP contribution in [0.3, 0.4) is 0 Å². The maximum absolute atomic E-state index is 13.5. The monoisotopic (exact) mass is 432 g/mol. The smallest absolute Gasteiger partial charge is 0.389 e. The summed E-state index contributed by atoms with van der Waals surface area (Å²) in [5.74, 6) is -2.49. The third-order valence-corrected chi connectivity index (χ3v) is 4.32. The van der Waals surface area contributed by atoms with E-state index in [9.17, 15) is 26.7 Å². The Morgan fingerprint density at radius 1 is 1.14 bits per heavy atom. The largest absolute Gasteiger partial charge is 0.492 e. The number of alkyl halides is 3. The van der Waals surface area contributed by atoms with E-state index in [2.05, 4.69) is 10.3 Å².